The van der Waals surface area contributed by atoms with Crippen LogP contribution in [0, 0.1) is 12.3 Å². The maximum absolute atomic E-state index is 11.5. The molecule has 0 atom stereocenters. The summed E-state index contributed by atoms with van der Waals surface area (Å²) in [5, 5.41) is 3.30. The minimum atomic E-state index is -0.426. The van der Waals surface area contributed by atoms with E-state index in [2.05, 4.69) is 16.2 Å². The van der Waals surface area contributed by atoms with Crippen molar-refractivity contribution < 1.29 is 14.3 Å². The number of amides is 1. The molecule has 1 aromatic heterocycles. The molecule has 0 radical (unpaired) electrons. The Morgan fingerprint density at radius 3 is 2.95 bits per heavy atom. The Hall–Kier alpha value is -2.39. The SMILES string of the molecule is C#CCNC(=O)COC(=O)CCc1nc2ccccc2s1. The van der Waals surface area contributed by atoms with Crippen LogP contribution in [0.25, 0.3) is 10.2 Å². The summed E-state index contributed by atoms with van der Waals surface area (Å²) >= 11 is 1.55. The van der Waals surface area contributed by atoms with Crippen molar-refractivity contribution in [2.75, 3.05) is 13.2 Å². The Morgan fingerprint density at radius 2 is 2.19 bits per heavy atom. The minimum absolute atomic E-state index is 0.127. The molecule has 0 fully saturated rings. The smallest absolute Gasteiger partial charge is 0.306 e. The van der Waals surface area contributed by atoms with Gasteiger partial charge in [0.2, 0.25) is 0 Å². The number of nitrogens with one attached hydrogen (secondary N) is 1. The predicted octanol–water partition coefficient (Wildman–Crippen LogP) is 1.52. The molecule has 1 heterocycles. The molecule has 0 saturated carbocycles. The Bertz CT molecular complexity index is 655. The number of fused-ring (bicyclic) bond motifs is 1. The summed E-state index contributed by atoms with van der Waals surface area (Å²) in [6.45, 7) is -0.178. The van der Waals surface area contributed by atoms with Crippen LogP contribution in [0.3, 0.4) is 0 Å². The van der Waals surface area contributed by atoms with Crippen molar-refractivity contribution in [2.45, 2.75) is 12.8 Å². The Kier molecular flexibility index (Phi) is 5.29. The number of benzene rings is 1. The van der Waals surface area contributed by atoms with E-state index < -0.39 is 11.9 Å². The van der Waals surface area contributed by atoms with Crippen molar-refractivity contribution in [2.24, 2.45) is 0 Å². The van der Waals surface area contributed by atoms with Gasteiger partial charge in [-0.05, 0) is 12.1 Å². The van der Waals surface area contributed by atoms with Crippen molar-refractivity contribution in [3.8, 4) is 12.3 Å². The zero-order chi connectivity index (χ0) is 15.1. The molecule has 0 aliphatic heterocycles. The van der Waals surface area contributed by atoms with Gasteiger partial charge in [-0.3, -0.25) is 9.59 Å². The van der Waals surface area contributed by atoms with E-state index in [1.165, 1.54) is 0 Å². The third-order valence-electron chi connectivity index (χ3n) is 2.63. The molecule has 0 bridgehead atoms. The molecule has 2 aromatic rings. The molecule has 0 spiro atoms. The molecule has 1 N–H and O–H groups in total. The average molecular weight is 302 g/mol. The van der Waals surface area contributed by atoms with Gasteiger partial charge in [-0.1, -0.05) is 18.1 Å². The Balaban J connectivity index is 1.76. The fourth-order valence-corrected chi connectivity index (χ4v) is 2.62. The molecule has 5 nitrogen and oxygen atoms in total. The van der Waals surface area contributed by atoms with Crippen LogP contribution >= 0.6 is 11.3 Å². The first-order valence-electron chi connectivity index (χ1n) is 6.39. The number of aromatic nitrogens is 1. The third kappa shape index (κ3) is 4.58. The molecule has 21 heavy (non-hydrogen) atoms. The van der Waals surface area contributed by atoms with E-state index in [1.807, 2.05) is 24.3 Å². The molecular weight excluding hydrogens is 288 g/mol. The lowest BCUT2D eigenvalue weighted by molar-refractivity contribution is -0.148. The van der Waals surface area contributed by atoms with Gasteiger partial charge in [0.05, 0.1) is 28.2 Å². The number of rotatable bonds is 6. The number of carbonyl (C=O) groups excluding carboxylic acids is 2. The van der Waals surface area contributed by atoms with Gasteiger partial charge >= 0.3 is 5.97 Å². The zero-order valence-electron chi connectivity index (χ0n) is 11.3. The zero-order valence-corrected chi connectivity index (χ0v) is 12.1. The predicted molar refractivity (Wildman–Crippen MR) is 80.7 cm³/mol. The highest BCUT2D eigenvalue weighted by molar-refractivity contribution is 7.18. The highest BCUT2D eigenvalue weighted by atomic mass is 32.1. The number of hydrogen-bond acceptors (Lipinski definition) is 5. The van der Waals surface area contributed by atoms with Gasteiger partial charge in [0.25, 0.3) is 5.91 Å². The second-order valence-corrected chi connectivity index (χ2v) is 5.33. The number of aryl methyl sites for hydroxylation is 1. The topological polar surface area (TPSA) is 68.3 Å². The standard InChI is InChI=1S/C15H14N2O3S/c1-2-9-16-13(18)10-20-15(19)8-7-14-17-11-5-3-4-6-12(11)21-14/h1,3-6H,7-10H2,(H,16,18). The van der Waals surface area contributed by atoms with Crippen LogP contribution in [0.4, 0.5) is 0 Å². The highest BCUT2D eigenvalue weighted by Crippen LogP contribution is 2.22. The van der Waals surface area contributed by atoms with E-state index in [9.17, 15) is 9.59 Å². The maximum Gasteiger partial charge on any atom is 0.306 e. The number of nitrogens with zero attached hydrogens (tertiary/aromatic N) is 1. The van der Waals surface area contributed by atoms with Gasteiger partial charge in [-0.15, -0.1) is 17.8 Å². The van der Waals surface area contributed by atoms with Crippen LogP contribution in [0.5, 0.6) is 0 Å². The van der Waals surface area contributed by atoms with Gasteiger partial charge in [-0.2, -0.15) is 0 Å². The van der Waals surface area contributed by atoms with E-state index in [1.54, 1.807) is 11.3 Å². The number of para-hydroxylation sites is 1. The maximum atomic E-state index is 11.5. The molecule has 6 heteroatoms. The van der Waals surface area contributed by atoms with Gasteiger partial charge in [0.1, 0.15) is 0 Å². The Morgan fingerprint density at radius 1 is 1.38 bits per heavy atom. The second-order valence-electron chi connectivity index (χ2n) is 4.22. The molecule has 0 aliphatic carbocycles. The number of ether oxygens (including phenoxy) is 1. The van der Waals surface area contributed by atoms with Crippen molar-refractivity contribution in [1.82, 2.24) is 10.3 Å². The average Bonchev–Trinajstić information content (AvgIpc) is 2.91. The quantitative estimate of drug-likeness (QED) is 0.649. The first-order chi connectivity index (χ1) is 10.2. The summed E-state index contributed by atoms with van der Waals surface area (Å²) in [6.07, 6.45) is 5.70. The molecular formula is C15H14N2O3S. The van der Waals surface area contributed by atoms with Gasteiger partial charge in [0.15, 0.2) is 6.61 Å². The molecule has 108 valence electrons. The van der Waals surface area contributed by atoms with Crippen LogP contribution in [0.15, 0.2) is 24.3 Å². The number of hydrogen-bond donors (Lipinski definition) is 1. The lowest BCUT2D eigenvalue weighted by atomic mass is 10.3. The fourth-order valence-electron chi connectivity index (χ4n) is 1.65. The summed E-state index contributed by atoms with van der Waals surface area (Å²) in [5.74, 6) is 1.44. The minimum Gasteiger partial charge on any atom is -0.456 e. The van der Waals surface area contributed by atoms with Crippen molar-refractivity contribution in [3.63, 3.8) is 0 Å². The normalized spacial score (nSPS) is 10.0. The summed E-state index contributed by atoms with van der Waals surface area (Å²) in [5.41, 5.74) is 0.930. The molecule has 2 rings (SSSR count). The molecule has 1 aromatic carbocycles. The molecule has 0 saturated heterocycles. The van der Waals surface area contributed by atoms with E-state index in [0.717, 1.165) is 15.2 Å². The fraction of sp³-hybridized carbons (Fsp3) is 0.267. The van der Waals surface area contributed by atoms with E-state index >= 15 is 0 Å². The monoisotopic (exact) mass is 302 g/mol. The van der Waals surface area contributed by atoms with E-state index in [0.29, 0.717) is 6.42 Å². The molecule has 1 amide bonds. The first kappa shape index (κ1) is 15.0. The van der Waals surface area contributed by atoms with Crippen molar-refractivity contribution in [3.05, 3.63) is 29.3 Å². The van der Waals surface area contributed by atoms with E-state index in [-0.39, 0.29) is 19.6 Å². The number of thiazole rings is 1. The number of esters is 1. The van der Waals surface area contributed by atoms with Crippen LogP contribution in [0.2, 0.25) is 0 Å². The van der Waals surface area contributed by atoms with Gasteiger partial charge in [0, 0.05) is 6.42 Å². The van der Waals surface area contributed by atoms with Crippen molar-refractivity contribution in [1.29, 1.82) is 0 Å². The lowest BCUT2D eigenvalue weighted by Gasteiger charge is -2.03. The number of terminal acetylenes is 1. The summed E-state index contributed by atoms with van der Waals surface area (Å²) in [6, 6.07) is 7.80. The first-order valence-corrected chi connectivity index (χ1v) is 7.21. The molecule has 0 unspecified atom stereocenters. The van der Waals surface area contributed by atoms with Crippen LogP contribution in [-0.2, 0) is 20.7 Å². The lowest BCUT2D eigenvalue weighted by Crippen LogP contribution is -2.29. The Labute approximate surface area is 126 Å². The third-order valence-corrected chi connectivity index (χ3v) is 3.73. The van der Waals surface area contributed by atoms with Gasteiger partial charge in [-0.25, -0.2) is 4.98 Å². The van der Waals surface area contributed by atoms with Gasteiger partial charge < -0.3 is 10.1 Å². The molecule has 0 aliphatic rings. The van der Waals surface area contributed by atoms with Crippen LogP contribution in [-0.4, -0.2) is 30.0 Å². The summed E-state index contributed by atoms with van der Waals surface area (Å²) in [7, 11) is 0. The largest absolute Gasteiger partial charge is 0.456 e. The van der Waals surface area contributed by atoms with E-state index in [4.69, 9.17) is 11.2 Å². The van der Waals surface area contributed by atoms with Crippen LogP contribution < -0.4 is 5.32 Å². The second kappa shape index (κ2) is 7.41. The number of carbonyl (C=O) groups is 2. The van der Waals surface area contributed by atoms with Crippen LogP contribution in [0.1, 0.15) is 11.4 Å². The highest BCUT2D eigenvalue weighted by Gasteiger charge is 2.09. The summed E-state index contributed by atoms with van der Waals surface area (Å²) in [4.78, 5) is 27.2. The summed E-state index contributed by atoms with van der Waals surface area (Å²) < 4.78 is 5.95. The van der Waals surface area contributed by atoms with Crippen molar-refractivity contribution >= 4 is 33.4 Å².